The summed E-state index contributed by atoms with van der Waals surface area (Å²) < 4.78 is 15.5. The lowest BCUT2D eigenvalue weighted by atomic mass is 10.2. The van der Waals surface area contributed by atoms with Gasteiger partial charge in [0.25, 0.3) is 0 Å². The number of esters is 1. The fourth-order valence-electron chi connectivity index (χ4n) is 1.92. The normalized spacial score (nSPS) is 10.4. The summed E-state index contributed by atoms with van der Waals surface area (Å²) >= 11 is 0. The zero-order chi connectivity index (χ0) is 17.5. The molecule has 0 N–H and O–H groups in total. The van der Waals surface area contributed by atoms with Crippen LogP contribution in [0.5, 0.6) is 17.2 Å². The number of hydrogen-bond acceptors (Lipinski definition) is 6. The van der Waals surface area contributed by atoms with Gasteiger partial charge in [0.05, 0.1) is 25.8 Å². The predicted molar refractivity (Wildman–Crippen MR) is 85.0 cm³/mol. The van der Waals surface area contributed by atoms with Crippen LogP contribution in [-0.2, 0) is 4.79 Å². The van der Waals surface area contributed by atoms with Crippen LogP contribution in [0.15, 0.2) is 48.5 Å². The highest BCUT2D eigenvalue weighted by atomic mass is 16.6. The lowest BCUT2D eigenvalue weighted by Crippen LogP contribution is -2.18. The minimum Gasteiger partial charge on any atom is -0.545 e. The minimum absolute atomic E-state index is 0.226. The molecule has 2 aromatic rings. The number of ether oxygens (including phenoxy) is 3. The fraction of sp³-hybridized carbons (Fsp3) is 0.111. The van der Waals surface area contributed by atoms with Crippen LogP contribution < -0.4 is 19.3 Å². The maximum Gasteiger partial charge on any atom is 0.343 e. The van der Waals surface area contributed by atoms with E-state index in [1.165, 1.54) is 26.4 Å². The minimum atomic E-state index is -1.30. The van der Waals surface area contributed by atoms with Crippen LogP contribution >= 0.6 is 0 Å². The van der Waals surface area contributed by atoms with Gasteiger partial charge in [0, 0.05) is 0 Å². The van der Waals surface area contributed by atoms with E-state index >= 15 is 0 Å². The quantitative estimate of drug-likeness (QED) is 0.456. The van der Waals surface area contributed by atoms with Crippen molar-refractivity contribution in [2.75, 3.05) is 14.2 Å². The van der Waals surface area contributed by atoms with Gasteiger partial charge in [-0.1, -0.05) is 12.1 Å². The lowest BCUT2D eigenvalue weighted by molar-refractivity contribution is -0.297. The second-order valence-corrected chi connectivity index (χ2v) is 4.68. The SMILES string of the molecule is COc1ccc(C(=O)Oc2ccc(/C=C/C(=O)[O-])cc2OC)cc1. The summed E-state index contributed by atoms with van der Waals surface area (Å²) in [5.41, 5.74) is 0.930. The van der Waals surface area contributed by atoms with Crippen molar-refractivity contribution in [1.82, 2.24) is 0 Å². The summed E-state index contributed by atoms with van der Waals surface area (Å²) in [7, 11) is 2.96. The Bertz CT molecular complexity index is 762. The van der Waals surface area contributed by atoms with E-state index in [0.29, 0.717) is 22.6 Å². The van der Waals surface area contributed by atoms with Crippen molar-refractivity contribution in [3.8, 4) is 17.2 Å². The number of carboxylic acid groups (broad SMARTS) is 1. The van der Waals surface area contributed by atoms with Gasteiger partial charge < -0.3 is 24.1 Å². The Morgan fingerprint density at radius 1 is 0.958 bits per heavy atom. The third kappa shape index (κ3) is 4.36. The van der Waals surface area contributed by atoms with Gasteiger partial charge in [0.2, 0.25) is 0 Å². The van der Waals surface area contributed by atoms with Gasteiger partial charge in [-0.3, -0.25) is 0 Å². The second-order valence-electron chi connectivity index (χ2n) is 4.68. The Balaban J connectivity index is 2.18. The van der Waals surface area contributed by atoms with Gasteiger partial charge in [-0.25, -0.2) is 4.79 Å². The number of carbonyl (C=O) groups is 2. The van der Waals surface area contributed by atoms with Gasteiger partial charge in [0.1, 0.15) is 5.75 Å². The number of methoxy groups -OCH3 is 2. The molecule has 0 saturated heterocycles. The summed E-state index contributed by atoms with van der Waals surface area (Å²) in [5, 5.41) is 10.4. The van der Waals surface area contributed by atoms with Crippen molar-refractivity contribution in [1.29, 1.82) is 0 Å². The van der Waals surface area contributed by atoms with Crippen LogP contribution in [0.4, 0.5) is 0 Å². The average Bonchev–Trinajstić information content (AvgIpc) is 2.60. The first-order valence-electron chi connectivity index (χ1n) is 6.97. The fourth-order valence-corrected chi connectivity index (χ4v) is 1.92. The molecular formula is C18H15O6-. The topological polar surface area (TPSA) is 84.9 Å². The van der Waals surface area contributed by atoms with Crippen LogP contribution in [0.2, 0.25) is 0 Å². The van der Waals surface area contributed by atoms with E-state index in [1.54, 1.807) is 36.4 Å². The molecule has 0 radical (unpaired) electrons. The maximum atomic E-state index is 12.2. The molecule has 0 bridgehead atoms. The van der Waals surface area contributed by atoms with Crippen molar-refractivity contribution in [3.63, 3.8) is 0 Å². The highest BCUT2D eigenvalue weighted by Crippen LogP contribution is 2.29. The van der Waals surface area contributed by atoms with E-state index in [4.69, 9.17) is 14.2 Å². The molecule has 6 heteroatoms. The smallest absolute Gasteiger partial charge is 0.343 e. The van der Waals surface area contributed by atoms with Crippen molar-refractivity contribution >= 4 is 18.0 Å². The molecule has 0 aliphatic carbocycles. The molecule has 0 atom stereocenters. The first kappa shape index (κ1) is 17.1. The van der Waals surface area contributed by atoms with E-state index in [-0.39, 0.29) is 5.75 Å². The summed E-state index contributed by atoms with van der Waals surface area (Å²) in [4.78, 5) is 22.6. The standard InChI is InChI=1S/C18H16O6/c1-22-14-7-5-13(6-8-14)18(21)24-15-9-3-12(4-10-17(19)20)11-16(15)23-2/h3-11H,1-2H3,(H,19,20)/p-1/b10-4+. The van der Waals surface area contributed by atoms with Crippen LogP contribution in [0.25, 0.3) is 6.08 Å². The third-order valence-electron chi connectivity index (χ3n) is 3.13. The first-order valence-corrected chi connectivity index (χ1v) is 6.97. The third-order valence-corrected chi connectivity index (χ3v) is 3.13. The number of hydrogen-bond donors (Lipinski definition) is 0. The van der Waals surface area contributed by atoms with E-state index in [1.807, 2.05) is 0 Å². The molecule has 0 spiro atoms. The molecule has 0 aromatic heterocycles. The van der Waals surface area contributed by atoms with Gasteiger partial charge in [-0.15, -0.1) is 0 Å². The summed E-state index contributed by atoms with van der Waals surface area (Å²) in [6, 6.07) is 11.2. The van der Waals surface area contributed by atoms with Crippen molar-refractivity contribution in [3.05, 3.63) is 59.7 Å². The Hall–Kier alpha value is -3.28. The van der Waals surface area contributed by atoms with Gasteiger partial charge >= 0.3 is 5.97 Å². The monoisotopic (exact) mass is 327 g/mol. The molecule has 2 aromatic carbocycles. The number of rotatable bonds is 6. The molecule has 0 heterocycles. The molecule has 0 fully saturated rings. The van der Waals surface area contributed by atoms with E-state index in [9.17, 15) is 14.7 Å². The van der Waals surface area contributed by atoms with Crippen LogP contribution in [0.1, 0.15) is 15.9 Å². The molecule has 0 amide bonds. The molecule has 124 valence electrons. The molecule has 0 aliphatic rings. The van der Waals surface area contributed by atoms with Gasteiger partial charge in [-0.05, 0) is 48.0 Å². The second kappa shape index (κ2) is 7.82. The number of carbonyl (C=O) groups excluding carboxylic acids is 2. The molecule has 2 rings (SSSR count). The van der Waals surface area contributed by atoms with Gasteiger partial charge in [-0.2, -0.15) is 0 Å². The largest absolute Gasteiger partial charge is 0.545 e. The number of aliphatic carboxylic acids is 1. The number of carboxylic acids is 1. The molecule has 0 unspecified atom stereocenters. The lowest BCUT2D eigenvalue weighted by Gasteiger charge is -2.10. The van der Waals surface area contributed by atoms with Crippen molar-refractivity contribution in [2.45, 2.75) is 0 Å². The number of benzene rings is 2. The van der Waals surface area contributed by atoms with Crippen LogP contribution in [-0.4, -0.2) is 26.2 Å². The average molecular weight is 327 g/mol. The van der Waals surface area contributed by atoms with Crippen molar-refractivity contribution < 1.29 is 28.9 Å². The molecule has 24 heavy (non-hydrogen) atoms. The maximum absolute atomic E-state index is 12.2. The predicted octanol–water partition coefficient (Wildman–Crippen LogP) is 1.69. The highest BCUT2D eigenvalue weighted by molar-refractivity contribution is 5.91. The van der Waals surface area contributed by atoms with Gasteiger partial charge in [0.15, 0.2) is 11.5 Å². The highest BCUT2D eigenvalue weighted by Gasteiger charge is 2.12. The zero-order valence-electron chi connectivity index (χ0n) is 13.1. The van der Waals surface area contributed by atoms with Crippen LogP contribution in [0.3, 0.4) is 0 Å². The Morgan fingerprint density at radius 2 is 1.67 bits per heavy atom. The Kier molecular flexibility index (Phi) is 5.57. The van der Waals surface area contributed by atoms with E-state index < -0.39 is 11.9 Å². The zero-order valence-corrected chi connectivity index (χ0v) is 13.1. The van der Waals surface area contributed by atoms with E-state index in [2.05, 4.69) is 0 Å². The molecule has 6 nitrogen and oxygen atoms in total. The first-order chi connectivity index (χ1) is 11.5. The van der Waals surface area contributed by atoms with E-state index in [0.717, 1.165) is 6.08 Å². The summed E-state index contributed by atoms with van der Waals surface area (Å²) in [5.74, 6) is -0.688. The molecule has 0 saturated carbocycles. The molecule has 0 aliphatic heterocycles. The summed E-state index contributed by atoms with van der Waals surface area (Å²) in [6.07, 6.45) is 2.25. The van der Waals surface area contributed by atoms with Crippen LogP contribution in [0, 0.1) is 0 Å². The summed E-state index contributed by atoms with van der Waals surface area (Å²) in [6.45, 7) is 0. The Labute approximate surface area is 138 Å². The molecular weight excluding hydrogens is 312 g/mol. The van der Waals surface area contributed by atoms with Crippen molar-refractivity contribution in [2.24, 2.45) is 0 Å². The Morgan fingerprint density at radius 3 is 2.25 bits per heavy atom.